The van der Waals surface area contributed by atoms with Crippen LogP contribution < -0.4 is 0 Å². The Hall–Kier alpha value is 0. The fourth-order valence-electron chi connectivity index (χ4n) is 4.80. The van der Waals surface area contributed by atoms with E-state index in [0.29, 0.717) is 5.41 Å². The summed E-state index contributed by atoms with van der Waals surface area (Å²) in [6, 6.07) is 0. The summed E-state index contributed by atoms with van der Waals surface area (Å²) in [6.07, 6.45) is 7.84. The zero-order chi connectivity index (χ0) is 9.92. The summed E-state index contributed by atoms with van der Waals surface area (Å²) < 4.78 is 0. The van der Waals surface area contributed by atoms with Gasteiger partial charge in [-0.2, -0.15) is 0 Å². The maximum absolute atomic E-state index is 2.55. The first-order valence-corrected chi connectivity index (χ1v) is 6.60. The van der Waals surface area contributed by atoms with Crippen molar-refractivity contribution in [2.45, 2.75) is 52.9 Å². The van der Waals surface area contributed by atoms with Crippen molar-refractivity contribution in [2.75, 3.05) is 0 Å². The van der Waals surface area contributed by atoms with E-state index < -0.39 is 0 Å². The highest BCUT2D eigenvalue weighted by Gasteiger charge is 2.55. The van der Waals surface area contributed by atoms with Gasteiger partial charge in [-0.3, -0.25) is 0 Å². The van der Waals surface area contributed by atoms with E-state index in [2.05, 4.69) is 20.8 Å². The zero-order valence-electron chi connectivity index (χ0n) is 9.92. The van der Waals surface area contributed by atoms with Crippen LogP contribution in [0.2, 0.25) is 0 Å². The predicted octanol–water partition coefficient (Wildman–Crippen LogP) is 4.10. The Labute approximate surface area is 88.5 Å². The van der Waals surface area contributed by atoms with Crippen LogP contribution in [0.1, 0.15) is 52.9 Å². The van der Waals surface area contributed by atoms with Gasteiger partial charge in [0.1, 0.15) is 0 Å². The topological polar surface area (TPSA) is 0 Å². The summed E-state index contributed by atoms with van der Waals surface area (Å²) >= 11 is 0. The molecule has 0 aromatic carbocycles. The van der Waals surface area contributed by atoms with Crippen LogP contribution in [0.15, 0.2) is 0 Å². The lowest BCUT2D eigenvalue weighted by Gasteiger charge is -2.30. The predicted molar refractivity (Wildman–Crippen MR) is 60.0 cm³/mol. The number of hydrogen-bond acceptors (Lipinski definition) is 0. The highest BCUT2D eigenvalue weighted by atomic mass is 14.6. The molecule has 0 N–H and O–H groups in total. The van der Waals surface area contributed by atoms with Gasteiger partial charge < -0.3 is 0 Å². The molecule has 0 amide bonds. The van der Waals surface area contributed by atoms with Crippen molar-refractivity contribution in [2.24, 2.45) is 35.0 Å². The van der Waals surface area contributed by atoms with Crippen LogP contribution in [0.5, 0.6) is 0 Å². The van der Waals surface area contributed by atoms with Gasteiger partial charge in [0.05, 0.1) is 0 Å². The molecule has 0 heterocycles. The Morgan fingerprint density at radius 3 is 1.93 bits per heavy atom. The zero-order valence-corrected chi connectivity index (χ0v) is 9.92. The summed E-state index contributed by atoms with van der Waals surface area (Å²) in [5, 5.41) is 0. The summed E-state index contributed by atoms with van der Waals surface area (Å²) in [4.78, 5) is 0. The highest BCUT2D eigenvalue weighted by Crippen LogP contribution is 2.64. The van der Waals surface area contributed by atoms with Crippen molar-refractivity contribution in [3.05, 3.63) is 0 Å². The summed E-state index contributed by atoms with van der Waals surface area (Å²) in [5.41, 5.74) is 0.691. The molecule has 0 nitrogen and oxygen atoms in total. The van der Waals surface area contributed by atoms with Gasteiger partial charge in [-0.25, -0.2) is 0 Å². The van der Waals surface area contributed by atoms with Gasteiger partial charge in [0.2, 0.25) is 0 Å². The van der Waals surface area contributed by atoms with Crippen LogP contribution in [-0.2, 0) is 0 Å². The summed E-state index contributed by atoms with van der Waals surface area (Å²) in [5.74, 6) is 5.46. The molecule has 0 aliphatic heterocycles. The third kappa shape index (κ3) is 1.06. The normalized spacial score (nSPS) is 55.7. The van der Waals surface area contributed by atoms with Crippen LogP contribution in [0.4, 0.5) is 0 Å². The van der Waals surface area contributed by atoms with E-state index in [0.717, 1.165) is 29.6 Å². The van der Waals surface area contributed by atoms with E-state index in [-0.39, 0.29) is 0 Å². The minimum absolute atomic E-state index is 0.691. The quantitative estimate of drug-likeness (QED) is 0.586. The second-order valence-electron chi connectivity index (χ2n) is 6.88. The van der Waals surface area contributed by atoms with Gasteiger partial charge in [-0.05, 0) is 67.1 Å². The van der Waals surface area contributed by atoms with E-state index >= 15 is 0 Å². The Balaban J connectivity index is 1.82. The fraction of sp³-hybridized carbons (Fsp3) is 1.00. The summed E-state index contributed by atoms with van der Waals surface area (Å²) in [7, 11) is 0. The molecular formula is C14H24. The average molecular weight is 192 g/mol. The van der Waals surface area contributed by atoms with Gasteiger partial charge >= 0.3 is 0 Å². The van der Waals surface area contributed by atoms with E-state index in [1.807, 2.05) is 0 Å². The molecule has 0 aromatic heterocycles. The summed E-state index contributed by atoms with van der Waals surface area (Å²) in [6.45, 7) is 7.42. The standard InChI is InChI=1S/C14H24/c1-9(2)14(3)7-12-10-4-5-11(6-10)13(12)8-14/h9-13H,4-8H2,1-3H3. The van der Waals surface area contributed by atoms with Gasteiger partial charge in [0.15, 0.2) is 0 Å². The third-order valence-corrected chi connectivity index (χ3v) is 6.07. The van der Waals surface area contributed by atoms with Gasteiger partial charge in [-0.15, -0.1) is 0 Å². The van der Waals surface area contributed by atoms with Crippen molar-refractivity contribution in [1.29, 1.82) is 0 Å². The smallest absolute Gasteiger partial charge is 0.0297 e. The molecule has 0 saturated heterocycles. The molecule has 3 aliphatic rings. The van der Waals surface area contributed by atoms with Crippen LogP contribution in [0, 0.1) is 35.0 Å². The van der Waals surface area contributed by atoms with Crippen molar-refractivity contribution in [1.82, 2.24) is 0 Å². The second kappa shape index (κ2) is 2.77. The number of rotatable bonds is 1. The molecule has 4 atom stereocenters. The molecule has 80 valence electrons. The number of fused-ring (bicyclic) bond motifs is 5. The number of hydrogen-bond donors (Lipinski definition) is 0. The minimum atomic E-state index is 0.691. The molecule has 0 radical (unpaired) electrons. The van der Waals surface area contributed by atoms with Gasteiger partial charge in [0.25, 0.3) is 0 Å². The average Bonchev–Trinajstić information content (AvgIpc) is 2.72. The van der Waals surface area contributed by atoms with Gasteiger partial charge in [0, 0.05) is 0 Å². The first-order valence-electron chi connectivity index (χ1n) is 6.60. The van der Waals surface area contributed by atoms with Crippen LogP contribution in [-0.4, -0.2) is 0 Å². The lowest BCUT2D eigenvalue weighted by atomic mass is 9.75. The largest absolute Gasteiger partial charge is 0.0623 e. The molecule has 3 saturated carbocycles. The van der Waals surface area contributed by atoms with Gasteiger partial charge in [-0.1, -0.05) is 20.8 Å². The SMILES string of the molecule is CC(C)C1(C)CC2C3CCC(C3)C2C1. The van der Waals surface area contributed by atoms with E-state index in [4.69, 9.17) is 0 Å². The third-order valence-electron chi connectivity index (χ3n) is 6.07. The molecule has 0 spiro atoms. The first kappa shape index (κ1) is 9.24. The van der Waals surface area contributed by atoms with E-state index in [1.165, 1.54) is 0 Å². The molecule has 2 bridgehead atoms. The minimum Gasteiger partial charge on any atom is -0.0623 e. The maximum Gasteiger partial charge on any atom is -0.0297 e. The fourth-order valence-corrected chi connectivity index (χ4v) is 4.80. The molecule has 3 aliphatic carbocycles. The molecular weight excluding hydrogens is 168 g/mol. The molecule has 14 heavy (non-hydrogen) atoms. The molecule has 3 fully saturated rings. The van der Waals surface area contributed by atoms with Crippen molar-refractivity contribution >= 4 is 0 Å². The van der Waals surface area contributed by atoms with Crippen molar-refractivity contribution < 1.29 is 0 Å². The lowest BCUT2D eigenvalue weighted by Crippen LogP contribution is -2.21. The van der Waals surface area contributed by atoms with E-state index in [1.54, 1.807) is 32.1 Å². The highest BCUT2D eigenvalue weighted by molar-refractivity contribution is 5.05. The van der Waals surface area contributed by atoms with Crippen LogP contribution in [0.3, 0.4) is 0 Å². The molecule has 3 rings (SSSR count). The van der Waals surface area contributed by atoms with Crippen LogP contribution in [0.25, 0.3) is 0 Å². The van der Waals surface area contributed by atoms with Crippen molar-refractivity contribution in [3.63, 3.8) is 0 Å². The molecule has 4 unspecified atom stereocenters. The maximum atomic E-state index is 2.55. The molecule has 0 aromatic rings. The Kier molecular flexibility index (Phi) is 1.83. The van der Waals surface area contributed by atoms with Crippen molar-refractivity contribution in [3.8, 4) is 0 Å². The Morgan fingerprint density at radius 1 is 1.00 bits per heavy atom. The molecule has 0 heteroatoms. The lowest BCUT2D eigenvalue weighted by molar-refractivity contribution is 0.199. The monoisotopic (exact) mass is 192 g/mol. The van der Waals surface area contributed by atoms with Crippen LogP contribution >= 0.6 is 0 Å². The second-order valence-corrected chi connectivity index (χ2v) is 6.88. The Bertz CT molecular complexity index is 222. The first-order chi connectivity index (χ1) is 6.60. The van der Waals surface area contributed by atoms with E-state index in [9.17, 15) is 0 Å². The Morgan fingerprint density at radius 2 is 1.50 bits per heavy atom.